The Kier molecular flexibility index (Phi) is 5.39. The Bertz CT molecular complexity index is 481. The number of hydrogen-bond donors (Lipinski definition) is 2. The van der Waals surface area contributed by atoms with Crippen LogP contribution in [0.25, 0.3) is 0 Å². The summed E-state index contributed by atoms with van der Waals surface area (Å²) in [5, 5.41) is 8.98. The molecule has 3 N–H and O–H groups in total. The van der Waals surface area contributed by atoms with Crippen molar-refractivity contribution in [3.05, 3.63) is 28.2 Å². The molecule has 1 aromatic rings. The summed E-state index contributed by atoms with van der Waals surface area (Å²) in [6, 6.07) is 5.35. The molecule has 0 atom stereocenters. The topological polar surface area (TPSA) is 69.8 Å². The van der Waals surface area contributed by atoms with Gasteiger partial charge in [-0.25, -0.2) is 0 Å². The van der Waals surface area contributed by atoms with Crippen LogP contribution in [0.5, 0.6) is 0 Å². The van der Waals surface area contributed by atoms with Crippen molar-refractivity contribution in [2.24, 2.45) is 0 Å². The highest BCUT2D eigenvalue weighted by molar-refractivity contribution is 9.10. The highest BCUT2D eigenvalue weighted by Gasteiger charge is 2.21. The number of benzene rings is 1. The Morgan fingerprint density at radius 3 is 2.80 bits per heavy atom. The molecule has 1 amide bonds. The van der Waals surface area contributed by atoms with E-state index in [-0.39, 0.29) is 12.5 Å². The van der Waals surface area contributed by atoms with Gasteiger partial charge in [-0.2, -0.15) is 0 Å². The summed E-state index contributed by atoms with van der Waals surface area (Å²) < 4.78 is 0.872. The summed E-state index contributed by atoms with van der Waals surface area (Å²) >= 11 is 3.34. The molecule has 5 nitrogen and oxygen atoms in total. The number of carbonyl (C=O) groups is 1. The number of halogens is 1. The normalized spacial score (nSPS) is 17.0. The zero-order chi connectivity index (χ0) is 14.5. The third-order valence-corrected chi connectivity index (χ3v) is 4.03. The first-order valence-electron chi connectivity index (χ1n) is 6.79. The molecule has 1 aromatic carbocycles. The molecule has 0 bridgehead atoms. The van der Waals surface area contributed by atoms with E-state index in [1.54, 1.807) is 12.1 Å². The largest absolute Gasteiger partial charge is 0.398 e. The second kappa shape index (κ2) is 7.06. The van der Waals surface area contributed by atoms with Crippen LogP contribution in [0, 0.1) is 0 Å². The van der Waals surface area contributed by atoms with Gasteiger partial charge in [0.2, 0.25) is 0 Å². The summed E-state index contributed by atoms with van der Waals surface area (Å²) in [6.45, 7) is 3.95. The molecule has 0 saturated carbocycles. The second-order valence-corrected chi connectivity index (χ2v) is 5.86. The van der Waals surface area contributed by atoms with Gasteiger partial charge in [0.25, 0.3) is 5.91 Å². The van der Waals surface area contributed by atoms with Gasteiger partial charge in [0, 0.05) is 36.3 Å². The molecule has 0 aliphatic carbocycles. The second-order valence-electron chi connectivity index (χ2n) is 4.94. The molecule has 20 heavy (non-hydrogen) atoms. The average molecular weight is 342 g/mol. The number of nitrogens with two attached hydrogens (primary N) is 1. The van der Waals surface area contributed by atoms with Gasteiger partial charge in [-0.15, -0.1) is 0 Å². The molecule has 0 radical (unpaired) electrons. The Hall–Kier alpha value is -1.11. The third-order valence-electron chi connectivity index (χ3n) is 3.54. The molecule has 1 aliphatic heterocycles. The number of nitrogens with zero attached hydrogens (tertiary/aromatic N) is 2. The van der Waals surface area contributed by atoms with Crippen molar-refractivity contribution in [2.75, 3.05) is 45.1 Å². The van der Waals surface area contributed by atoms with E-state index in [9.17, 15) is 4.79 Å². The predicted octanol–water partition coefficient (Wildman–Crippen LogP) is 1.17. The van der Waals surface area contributed by atoms with Crippen LogP contribution in [0.4, 0.5) is 5.69 Å². The average Bonchev–Trinajstić information content (AvgIpc) is 2.64. The minimum absolute atomic E-state index is 0.0131. The molecule has 1 saturated heterocycles. The van der Waals surface area contributed by atoms with Crippen molar-refractivity contribution in [3.8, 4) is 0 Å². The zero-order valence-corrected chi connectivity index (χ0v) is 13.0. The fraction of sp³-hybridized carbons (Fsp3) is 0.500. The highest BCUT2D eigenvalue weighted by Crippen LogP contribution is 2.20. The number of anilines is 1. The Morgan fingerprint density at radius 2 is 2.10 bits per heavy atom. The molecule has 6 heteroatoms. The number of aliphatic hydroxyl groups is 1. The minimum atomic E-state index is -0.0131. The SMILES string of the molecule is Nc1cc(Br)ccc1C(=O)N1CCCN(CCO)CC1. The summed E-state index contributed by atoms with van der Waals surface area (Å²) in [7, 11) is 0. The van der Waals surface area contributed by atoms with E-state index in [4.69, 9.17) is 10.8 Å². The minimum Gasteiger partial charge on any atom is -0.398 e. The first kappa shape index (κ1) is 15.3. The van der Waals surface area contributed by atoms with E-state index in [0.29, 0.717) is 24.3 Å². The van der Waals surface area contributed by atoms with Crippen LogP contribution in [0.15, 0.2) is 22.7 Å². The van der Waals surface area contributed by atoms with E-state index in [1.165, 1.54) is 0 Å². The molecule has 0 aromatic heterocycles. The Morgan fingerprint density at radius 1 is 1.30 bits per heavy atom. The van der Waals surface area contributed by atoms with Gasteiger partial charge in [0.15, 0.2) is 0 Å². The lowest BCUT2D eigenvalue weighted by Gasteiger charge is -2.22. The smallest absolute Gasteiger partial charge is 0.255 e. The maximum atomic E-state index is 12.5. The van der Waals surface area contributed by atoms with E-state index in [1.807, 2.05) is 11.0 Å². The van der Waals surface area contributed by atoms with Crippen LogP contribution in [0.3, 0.4) is 0 Å². The van der Waals surface area contributed by atoms with Crippen molar-refractivity contribution < 1.29 is 9.90 Å². The van der Waals surface area contributed by atoms with E-state index < -0.39 is 0 Å². The quantitative estimate of drug-likeness (QED) is 0.809. The number of aliphatic hydroxyl groups excluding tert-OH is 1. The summed E-state index contributed by atoms with van der Waals surface area (Å²) in [5.74, 6) is -0.0131. The number of hydrogen-bond acceptors (Lipinski definition) is 4. The van der Waals surface area contributed by atoms with Gasteiger partial charge < -0.3 is 15.7 Å². The summed E-state index contributed by atoms with van der Waals surface area (Å²) in [6.07, 6.45) is 0.919. The van der Waals surface area contributed by atoms with E-state index in [2.05, 4.69) is 20.8 Å². The molecule has 1 fully saturated rings. The Labute approximate surface area is 127 Å². The van der Waals surface area contributed by atoms with E-state index >= 15 is 0 Å². The lowest BCUT2D eigenvalue weighted by Crippen LogP contribution is -2.36. The molecular weight excluding hydrogens is 322 g/mol. The molecule has 1 aliphatic rings. The zero-order valence-electron chi connectivity index (χ0n) is 11.4. The number of β-amino-alcohol motifs (C(OH)–C–C–N with tert-alkyl or cyclic N) is 1. The van der Waals surface area contributed by atoms with Crippen LogP contribution in [0.1, 0.15) is 16.8 Å². The number of nitrogen functional groups attached to an aromatic ring is 1. The molecule has 110 valence electrons. The van der Waals surface area contributed by atoms with Crippen LogP contribution in [0.2, 0.25) is 0 Å². The van der Waals surface area contributed by atoms with Crippen molar-refractivity contribution in [3.63, 3.8) is 0 Å². The van der Waals surface area contributed by atoms with Gasteiger partial charge in [0.1, 0.15) is 0 Å². The van der Waals surface area contributed by atoms with Gasteiger partial charge >= 0.3 is 0 Å². The molecule has 0 spiro atoms. The van der Waals surface area contributed by atoms with Crippen LogP contribution in [-0.4, -0.2) is 60.1 Å². The lowest BCUT2D eigenvalue weighted by atomic mass is 10.1. The summed E-state index contributed by atoms with van der Waals surface area (Å²) in [4.78, 5) is 16.5. The first-order valence-corrected chi connectivity index (χ1v) is 7.58. The van der Waals surface area contributed by atoms with Crippen molar-refractivity contribution >= 4 is 27.5 Å². The van der Waals surface area contributed by atoms with E-state index in [0.717, 1.165) is 30.5 Å². The van der Waals surface area contributed by atoms with Crippen LogP contribution < -0.4 is 5.73 Å². The first-order chi connectivity index (χ1) is 9.61. The van der Waals surface area contributed by atoms with Crippen LogP contribution in [-0.2, 0) is 0 Å². The summed E-state index contributed by atoms with van der Waals surface area (Å²) in [5.41, 5.74) is 6.98. The van der Waals surface area contributed by atoms with Gasteiger partial charge in [0.05, 0.1) is 12.2 Å². The highest BCUT2D eigenvalue weighted by atomic mass is 79.9. The van der Waals surface area contributed by atoms with Gasteiger partial charge in [-0.3, -0.25) is 9.69 Å². The lowest BCUT2D eigenvalue weighted by molar-refractivity contribution is 0.0761. The third kappa shape index (κ3) is 3.71. The van der Waals surface area contributed by atoms with Crippen molar-refractivity contribution in [2.45, 2.75) is 6.42 Å². The van der Waals surface area contributed by atoms with Crippen molar-refractivity contribution in [1.29, 1.82) is 0 Å². The van der Waals surface area contributed by atoms with Gasteiger partial charge in [-0.05, 0) is 31.2 Å². The molecule has 0 unspecified atom stereocenters. The fourth-order valence-corrected chi connectivity index (χ4v) is 2.82. The maximum absolute atomic E-state index is 12.5. The number of rotatable bonds is 3. The van der Waals surface area contributed by atoms with Crippen LogP contribution >= 0.6 is 15.9 Å². The standard InChI is InChI=1S/C14H20BrN3O2/c15-11-2-3-12(13(16)10-11)14(20)18-5-1-4-17(6-7-18)8-9-19/h2-3,10,19H,1,4-9,16H2. The predicted molar refractivity (Wildman–Crippen MR) is 82.6 cm³/mol. The number of carbonyl (C=O) groups excluding carboxylic acids is 1. The molecular formula is C14H20BrN3O2. The fourth-order valence-electron chi connectivity index (χ4n) is 2.44. The number of amides is 1. The molecule has 2 rings (SSSR count). The molecule has 1 heterocycles. The maximum Gasteiger partial charge on any atom is 0.255 e. The van der Waals surface area contributed by atoms with Crippen molar-refractivity contribution in [1.82, 2.24) is 9.80 Å². The van der Waals surface area contributed by atoms with Gasteiger partial charge in [-0.1, -0.05) is 15.9 Å². The Balaban J connectivity index is 2.05. The monoisotopic (exact) mass is 341 g/mol.